The second kappa shape index (κ2) is 11.1. The third kappa shape index (κ3) is 8.73. The molecular weight excluding hydrogens is 507 g/mol. The molecular formula is C18H15Cl2F2N5O5S. The van der Waals surface area contributed by atoms with Crippen molar-refractivity contribution in [2.24, 2.45) is 0 Å². The normalized spacial score (nSPS) is 10.7. The van der Waals surface area contributed by atoms with E-state index >= 15 is 0 Å². The van der Waals surface area contributed by atoms with E-state index in [1.165, 1.54) is 12.3 Å². The van der Waals surface area contributed by atoms with Gasteiger partial charge in [-0.15, -0.1) is 0 Å². The summed E-state index contributed by atoms with van der Waals surface area (Å²) in [6.07, 6.45) is 2.24. The minimum Gasteiger partial charge on any atom is -0.347 e. The van der Waals surface area contributed by atoms with Crippen LogP contribution < -0.4 is 10.6 Å². The van der Waals surface area contributed by atoms with Gasteiger partial charge in [0.2, 0.25) is 0 Å². The van der Waals surface area contributed by atoms with Gasteiger partial charge in [-0.3, -0.25) is 19.2 Å². The molecule has 0 fully saturated rings. The first-order chi connectivity index (χ1) is 15.3. The molecule has 0 unspecified atom stereocenters. The molecule has 0 aliphatic rings. The van der Waals surface area contributed by atoms with Gasteiger partial charge in [-0.05, 0) is 23.8 Å². The van der Waals surface area contributed by atoms with Crippen molar-refractivity contribution in [2.75, 3.05) is 11.6 Å². The number of nitrogens with one attached hydrogen (secondary N) is 3. The lowest BCUT2D eigenvalue weighted by Gasteiger charge is -2.05. The summed E-state index contributed by atoms with van der Waals surface area (Å²) in [7, 11) is -3.67. The van der Waals surface area contributed by atoms with Crippen LogP contribution in [0, 0.1) is 11.6 Å². The smallest absolute Gasteiger partial charge is 0.269 e. The molecule has 2 amide bonds. The predicted molar refractivity (Wildman–Crippen MR) is 116 cm³/mol. The first-order valence-electron chi connectivity index (χ1n) is 8.66. The van der Waals surface area contributed by atoms with Gasteiger partial charge in [0.25, 0.3) is 21.9 Å². The fourth-order valence-electron chi connectivity index (χ4n) is 2.17. The molecule has 3 aromatic rings. The van der Waals surface area contributed by atoms with Gasteiger partial charge in [-0.1, -0.05) is 29.3 Å². The highest BCUT2D eigenvalue weighted by atomic mass is 35.5. The average Bonchev–Trinajstić information content (AvgIpc) is 3.17. The van der Waals surface area contributed by atoms with E-state index in [1.807, 2.05) is 0 Å². The SMILES string of the molecule is CS(=O)(=O)O.O=C(NCc1ccc(Cl)nc1)c1cc(NC(=O)c2cc(F)c(F)cc2Cl)n[nH]1. The summed E-state index contributed by atoms with van der Waals surface area (Å²) < 4.78 is 52.3. The summed E-state index contributed by atoms with van der Waals surface area (Å²) in [5, 5.41) is 11.3. The van der Waals surface area contributed by atoms with Crippen molar-refractivity contribution < 1.29 is 31.3 Å². The van der Waals surface area contributed by atoms with Crippen molar-refractivity contribution in [3.8, 4) is 0 Å². The number of hydrogen-bond donors (Lipinski definition) is 4. The Labute approximate surface area is 196 Å². The van der Waals surface area contributed by atoms with Crippen molar-refractivity contribution >= 4 is 51.0 Å². The third-order valence-corrected chi connectivity index (χ3v) is 4.10. The van der Waals surface area contributed by atoms with Crippen molar-refractivity contribution in [1.82, 2.24) is 20.5 Å². The molecule has 0 aliphatic heterocycles. The molecule has 0 atom stereocenters. The molecule has 0 saturated heterocycles. The maximum atomic E-state index is 13.3. The molecule has 176 valence electrons. The van der Waals surface area contributed by atoms with Gasteiger partial charge in [0.15, 0.2) is 17.5 Å². The quantitative estimate of drug-likeness (QED) is 0.228. The summed E-state index contributed by atoms with van der Waals surface area (Å²) in [4.78, 5) is 28.2. The van der Waals surface area contributed by atoms with E-state index in [4.69, 9.17) is 27.8 Å². The van der Waals surface area contributed by atoms with Crippen LogP contribution in [0.3, 0.4) is 0 Å². The number of carbonyl (C=O) groups excluding carboxylic acids is 2. The van der Waals surface area contributed by atoms with Crippen LogP contribution >= 0.6 is 23.2 Å². The van der Waals surface area contributed by atoms with E-state index in [0.717, 1.165) is 5.56 Å². The maximum Gasteiger partial charge on any atom is 0.269 e. The molecule has 0 bridgehead atoms. The molecule has 2 heterocycles. The van der Waals surface area contributed by atoms with Gasteiger partial charge in [0.1, 0.15) is 10.8 Å². The Balaban J connectivity index is 0.000000696. The summed E-state index contributed by atoms with van der Waals surface area (Å²) in [6.45, 7) is 0.203. The number of aromatic amines is 1. The van der Waals surface area contributed by atoms with Crippen molar-refractivity contribution in [3.63, 3.8) is 0 Å². The van der Waals surface area contributed by atoms with Gasteiger partial charge < -0.3 is 10.6 Å². The Hall–Kier alpha value is -3.13. The molecule has 0 aliphatic carbocycles. The number of aromatic nitrogens is 3. The van der Waals surface area contributed by atoms with Crippen LogP contribution in [0.15, 0.2) is 36.5 Å². The van der Waals surface area contributed by atoms with Crippen LogP contribution in [0.25, 0.3) is 0 Å². The van der Waals surface area contributed by atoms with Crippen LogP contribution in [0.4, 0.5) is 14.6 Å². The minimum absolute atomic E-state index is 0.00381. The highest BCUT2D eigenvalue weighted by Crippen LogP contribution is 2.21. The second-order valence-electron chi connectivity index (χ2n) is 6.27. The Bertz CT molecular complexity index is 1260. The van der Waals surface area contributed by atoms with Crippen molar-refractivity contribution in [3.05, 3.63) is 75.2 Å². The molecule has 0 radical (unpaired) electrons. The molecule has 10 nitrogen and oxygen atoms in total. The molecule has 1 aromatic carbocycles. The van der Waals surface area contributed by atoms with Gasteiger partial charge in [0, 0.05) is 18.8 Å². The minimum atomic E-state index is -3.67. The van der Waals surface area contributed by atoms with E-state index in [2.05, 4.69) is 25.8 Å². The van der Waals surface area contributed by atoms with Gasteiger partial charge in [-0.25, -0.2) is 13.8 Å². The number of halogens is 4. The van der Waals surface area contributed by atoms with E-state index in [-0.39, 0.29) is 28.6 Å². The molecule has 2 aromatic heterocycles. The number of benzene rings is 1. The molecule has 33 heavy (non-hydrogen) atoms. The Morgan fingerprint density at radius 1 is 1.12 bits per heavy atom. The number of anilines is 1. The first-order valence-corrected chi connectivity index (χ1v) is 11.3. The highest BCUT2D eigenvalue weighted by Gasteiger charge is 2.17. The summed E-state index contributed by atoms with van der Waals surface area (Å²) in [5.74, 6) is -3.67. The number of H-pyrrole nitrogens is 1. The fraction of sp³-hybridized carbons (Fsp3) is 0.111. The van der Waals surface area contributed by atoms with E-state index < -0.39 is 33.6 Å². The second-order valence-corrected chi connectivity index (χ2v) is 8.53. The summed E-state index contributed by atoms with van der Waals surface area (Å²) in [5.41, 5.74) is 0.539. The highest BCUT2D eigenvalue weighted by molar-refractivity contribution is 7.85. The van der Waals surface area contributed by atoms with Gasteiger partial charge in [-0.2, -0.15) is 13.5 Å². The predicted octanol–water partition coefficient (Wildman–Crippen LogP) is 3.08. The maximum absolute atomic E-state index is 13.3. The summed E-state index contributed by atoms with van der Waals surface area (Å²) >= 11 is 11.4. The van der Waals surface area contributed by atoms with Crippen LogP contribution in [-0.4, -0.2) is 46.2 Å². The fourth-order valence-corrected chi connectivity index (χ4v) is 2.52. The number of nitrogens with zero attached hydrogens (tertiary/aromatic N) is 2. The van der Waals surface area contributed by atoms with Crippen LogP contribution in [-0.2, 0) is 16.7 Å². The topological polar surface area (TPSA) is 154 Å². The zero-order valence-corrected chi connectivity index (χ0v) is 18.9. The molecule has 15 heteroatoms. The lowest BCUT2D eigenvalue weighted by Crippen LogP contribution is -2.23. The lowest BCUT2D eigenvalue weighted by molar-refractivity contribution is 0.0945. The van der Waals surface area contributed by atoms with Crippen LogP contribution in [0.5, 0.6) is 0 Å². The van der Waals surface area contributed by atoms with Crippen LogP contribution in [0.2, 0.25) is 10.2 Å². The van der Waals surface area contributed by atoms with Crippen molar-refractivity contribution in [1.29, 1.82) is 0 Å². The number of carbonyl (C=O) groups is 2. The molecule has 4 N–H and O–H groups in total. The summed E-state index contributed by atoms with van der Waals surface area (Å²) in [6, 6.07) is 5.95. The zero-order chi connectivity index (χ0) is 24.8. The Kier molecular flexibility index (Phi) is 8.82. The largest absolute Gasteiger partial charge is 0.347 e. The molecule has 3 rings (SSSR count). The molecule has 0 spiro atoms. The van der Waals surface area contributed by atoms with E-state index in [1.54, 1.807) is 12.1 Å². The zero-order valence-electron chi connectivity index (χ0n) is 16.6. The number of hydrogen-bond acceptors (Lipinski definition) is 6. The number of pyridine rings is 1. The van der Waals surface area contributed by atoms with Gasteiger partial charge >= 0.3 is 0 Å². The van der Waals surface area contributed by atoms with E-state index in [0.29, 0.717) is 23.5 Å². The van der Waals surface area contributed by atoms with Crippen LogP contribution in [0.1, 0.15) is 26.4 Å². The number of rotatable bonds is 5. The third-order valence-electron chi connectivity index (χ3n) is 3.56. The number of amides is 2. The lowest BCUT2D eigenvalue weighted by atomic mass is 10.2. The standard InChI is InChI=1S/C17H11Cl2F2N5O2.CH4O3S/c18-10-4-12(21)11(20)3-9(10)16(27)24-15-5-13(25-26-15)17(28)23-7-8-1-2-14(19)22-6-8;1-5(2,3)4/h1-6H,7H2,(H,23,28)(H2,24,25,26,27);1H3,(H,2,3,4). The Morgan fingerprint density at radius 2 is 1.76 bits per heavy atom. The Morgan fingerprint density at radius 3 is 2.36 bits per heavy atom. The monoisotopic (exact) mass is 521 g/mol. The molecule has 0 saturated carbocycles. The van der Waals surface area contributed by atoms with Crippen molar-refractivity contribution in [2.45, 2.75) is 6.54 Å². The average molecular weight is 522 g/mol. The first kappa shape index (κ1) is 26.1. The van der Waals surface area contributed by atoms with E-state index in [9.17, 15) is 26.8 Å². The van der Waals surface area contributed by atoms with Gasteiger partial charge in [0.05, 0.1) is 16.8 Å².